The Morgan fingerprint density at radius 1 is 1.42 bits per heavy atom. The number of ether oxygens (including phenoxy) is 2. The Morgan fingerprint density at radius 3 is 2.63 bits per heavy atom. The number of phenolic OH excluding ortho intramolecular Hbond substituents is 2. The van der Waals surface area contributed by atoms with Gasteiger partial charge in [0.05, 0.1) is 11.1 Å². The topological polar surface area (TPSA) is 93.1 Å². The van der Waals surface area contributed by atoms with Gasteiger partial charge in [-0.2, -0.15) is 0 Å². The van der Waals surface area contributed by atoms with E-state index in [-0.39, 0.29) is 34.8 Å². The lowest BCUT2D eigenvalue weighted by Crippen LogP contribution is -2.15. The number of aromatic hydroxyl groups is 2. The number of rotatable bonds is 3. The number of phenols is 2. The quantitative estimate of drug-likeness (QED) is 0.632. The molecular weight excluding hydrogens is 252 g/mol. The third-order valence-electron chi connectivity index (χ3n) is 3.13. The number of esters is 1. The monoisotopic (exact) mass is 266 g/mol. The summed E-state index contributed by atoms with van der Waals surface area (Å²) < 4.78 is 9.98. The number of benzene rings is 1. The van der Waals surface area contributed by atoms with Crippen LogP contribution in [0.2, 0.25) is 0 Å². The van der Waals surface area contributed by atoms with Crippen molar-refractivity contribution in [2.24, 2.45) is 0 Å². The molecule has 2 rings (SSSR count). The minimum absolute atomic E-state index is 0.0422. The third-order valence-corrected chi connectivity index (χ3v) is 3.13. The molecule has 1 fully saturated rings. The summed E-state index contributed by atoms with van der Waals surface area (Å²) in [4.78, 5) is 22.8. The van der Waals surface area contributed by atoms with Crippen molar-refractivity contribution in [1.29, 1.82) is 0 Å². The van der Waals surface area contributed by atoms with E-state index in [1.54, 1.807) is 0 Å². The van der Waals surface area contributed by atoms with Crippen molar-refractivity contribution in [1.82, 2.24) is 0 Å². The SMILES string of the molecule is CO[C@H]1CC(c2c(O)ccc(C(C)=O)c2O)OC1=O. The van der Waals surface area contributed by atoms with Gasteiger partial charge in [-0.25, -0.2) is 4.79 Å². The molecule has 1 aliphatic rings. The highest BCUT2D eigenvalue weighted by Gasteiger charge is 2.38. The van der Waals surface area contributed by atoms with E-state index in [0.717, 1.165) is 0 Å². The van der Waals surface area contributed by atoms with Gasteiger partial charge < -0.3 is 19.7 Å². The summed E-state index contributed by atoms with van der Waals surface area (Å²) in [5.41, 5.74) is 0.116. The number of ketones is 1. The van der Waals surface area contributed by atoms with Gasteiger partial charge in [0.2, 0.25) is 0 Å². The zero-order valence-electron chi connectivity index (χ0n) is 10.5. The van der Waals surface area contributed by atoms with Crippen LogP contribution in [0.4, 0.5) is 0 Å². The van der Waals surface area contributed by atoms with Gasteiger partial charge in [-0.1, -0.05) is 0 Å². The normalized spacial score (nSPS) is 22.3. The second kappa shape index (κ2) is 4.89. The van der Waals surface area contributed by atoms with Crippen molar-refractivity contribution in [3.05, 3.63) is 23.3 Å². The molecule has 0 aromatic heterocycles. The maximum absolute atomic E-state index is 11.5. The number of methoxy groups -OCH3 is 1. The summed E-state index contributed by atoms with van der Waals surface area (Å²) >= 11 is 0. The molecule has 1 saturated heterocycles. The summed E-state index contributed by atoms with van der Waals surface area (Å²) in [6.45, 7) is 1.30. The fraction of sp³-hybridized carbons (Fsp3) is 0.385. The van der Waals surface area contributed by atoms with E-state index in [1.807, 2.05) is 0 Å². The molecule has 2 N–H and O–H groups in total. The molecule has 6 heteroatoms. The second-order valence-corrected chi connectivity index (χ2v) is 4.34. The van der Waals surface area contributed by atoms with Gasteiger partial charge in [-0.3, -0.25) is 4.79 Å². The smallest absolute Gasteiger partial charge is 0.336 e. The van der Waals surface area contributed by atoms with Crippen LogP contribution in [-0.4, -0.2) is 35.2 Å². The van der Waals surface area contributed by atoms with Crippen LogP contribution in [-0.2, 0) is 14.3 Å². The van der Waals surface area contributed by atoms with Crippen molar-refractivity contribution in [3.8, 4) is 11.5 Å². The van der Waals surface area contributed by atoms with Crippen LogP contribution in [0.3, 0.4) is 0 Å². The molecule has 1 aromatic carbocycles. The first kappa shape index (κ1) is 13.4. The predicted molar refractivity (Wildman–Crippen MR) is 64.0 cm³/mol. The molecule has 0 radical (unpaired) electrons. The lowest BCUT2D eigenvalue weighted by molar-refractivity contribution is -0.148. The van der Waals surface area contributed by atoms with Crippen LogP contribution in [0.15, 0.2) is 12.1 Å². The van der Waals surface area contributed by atoms with E-state index in [2.05, 4.69) is 0 Å². The second-order valence-electron chi connectivity index (χ2n) is 4.34. The molecule has 0 spiro atoms. The molecule has 2 atom stereocenters. The summed E-state index contributed by atoms with van der Waals surface area (Å²) in [5.74, 6) is -1.48. The van der Waals surface area contributed by atoms with Crippen LogP contribution in [0, 0.1) is 0 Å². The van der Waals surface area contributed by atoms with Crippen molar-refractivity contribution >= 4 is 11.8 Å². The first-order chi connectivity index (χ1) is 8.95. The lowest BCUT2D eigenvalue weighted by Gasteiger charge is -2.14. The summed E-state index contributed by atoms with van der Waals surface area (Å²) in [7, 11) is 1.38. The Bertz CT molecular complexity index is 536. The zero-order chi connectivity index (χ0) is 14.2. The van der Waals surface area contributed by atoms with E-state index in [1.165, 1.54) is 26.2 Å². The minimum Gasteiger partial charge on any atom is -0.507 e. The van der Waals surface area contributed by atoms with Crippen LogP contribution < -0.4 is 0 Å². The molecular formula is C13H14O6. The fourth-order valence-corrected chi connectivity index (χ4v) is 2.12. The van der Waals surface area contributed by atoms with E-state index in [9.17, 15) is 19.8 Å². The van der Waals surface area contributed by atoms with Crippen molar-refractivity contribution < 1.29 is 29.3 Å². The molecule has 1 unspecified atom stereocenters. The highest BCUT2D eigenvalue weighted by molar-refractivity contribution is 5.97. The molecule has 1 heterocycles. The lowest BCUT2D eigenvalue weighted by atomic mass is 9.98. The average Bonchev–Trinajstić information content (AvgIpc) is 2.70. The molecule has 0 bridgehead atoms. The zero-order valence-corrected chi connectivity index (χ0v) is 10.5. The standard InChI is InChI=1S/C13H14O6/c1-6(14)7-3-4-8(15)11(12(7)16)9-5-10(18-2)13(17)19-9/h3-4,9-10,15-16H,5H2,1-2H3/t9?,10-/m0/s1. The highest BCUT2D eigenvalue weighted by Crippen LogP contribution is 2.42. The van der Waals surface area contributed by atoms with Crippen LogP contribution in [0.5, 0.6) is 11.5 Å². The Hall–Kier alpha value is -2.08. The van der Waals surface area contributed by atoms with Gasteiger partial charge in [-0.15, -0.1) is 0 Å². The summed E-state index contributed by atoms with van der Waals surface area (Å²) in [6, 6.07) is 2.61. The number of carbonyl (C=O) groups excluding carboxylic acids is 2. The maximum Gasteiger partial charge on any atom is 0.336 e. The maximum atomic E-state index is 11.5. The minimum atomic E-state index is -0.822. The third kappa shape index (κ3) is 2.26. The van der Waals surface area contributed by atoms with Gasteiger partial charge in [0.1, 0.15) is 17.6 Å². The first-order valence-electron chi connectivity index (χ1n) is 5.74. The van der Waals surface area contributed by atoms with Crippen LogP contribution in [0.25, 0.3) is 0 Å². The van der Waals surface area contributed by atoms with Gasteiger partial charge in [0, 0.05) is 13.5 Å². The van der Waals surface area contributed by atoms with E-state index < -0.39 is 18.2 Å². The summed E-state index contributed by atoms with van der Waals surface area (Å²) in [6.07, 6.45) is -1.38. The van der Waals surface area contributed by atoms with Crippen molar-refractivity contribution in [2.75, 3.05) is 7.11 Å². The molecule has 0 saturated carbocycles. The largest absolute Gasteiger partial charge is 0.507 e. The Labute approximate surface area is 109 Å². The molecule has 6 nitrogen and oxygen atoms in total. The number of cyclic esters (lactones) is 1. The van der Waals surface area contributed by atoms with E-state index in [4.69, 9.17) is 9.47 Å². The highest BCUT2D eigenvalue weighted by atomic mass is 16.6. The first-order valence-corrected chi connectivity index (χ1v) is 5.74. The molecule has 19 heavy (non-hydrogen) atoms. The van der Waals surface area contributed by atoms with Gasteiger partial charge >= 0.3 is 5.97 Å². The molecule has 102 valence electrons. The average molecular weight is 266 g/mol. The van der Waals surface area contributed by atoms with Crippen LogP contribution in [0.1, 0.15) is 35.4 Å². The fourth-order valence-electron chi connectivity index (χ4n) is 2.12. The Kier molecular flexibility index (Phi) is 3.44. The van der Waals surface area contributed by atoms with E-state index in [0.29, 0.717) is 0 Å². The number of hydrogen-bond donors (Lipinski definition) is 2. The predicted octanol–water partition coefficient (Wildman–Crippen LogP) is 1.30. The Balaban J connectivity index is 2.43. The molecule has 1 aromatic rings. The van der Waals surface area contributed by atoms with E-state index >= 15 is 0 Å². The number of hydrogen-bond acceptors (Lipinski definition) is 6. The Morgan fingerprint density at radius 2 is 2.11 bits per heavy atom. The molecule has 0 aliphatic carbocycles. The van der Waals surface area contributed by atoms with Gasteiger partial charge in [-0.05, 0) is 19.1 Å². The molecule has 0 amide bonds. The van der Waals surface area contributed by atoms with Crippen molar-refractivity contribution in [3.63, 3.8) is 0 Å². The number of Topliss-reactive ketones (excluding diaryl/α,β-unsaturated/α-hetero) is 1. The van der Waals surface area contributed by atoms with Crippen LogP contribution >= 0.6 is 0 Å². The van der Waals surface area contributed by atoms with Gasteiger partial charge in [0.15, 0.2) is 11.9 Å². The molecule has 1 aliphatic heterocycles. The summed E-state index contributed by atoms with van der Waals surface area (Å²) in [5, 5.41) is 19.8. The number of carbonyl (C=O) groups is 2. The van der Waals surface area contributed by atoms with Crippen molar-refractivity contribution in [2.45, 2.75) is 25.6 Å². The van der Waals surface area contributed by atoms with Gasteiger partial charge in [0.25, 0.3) is 0 Å².